The largest absolute Gasteiger partial charge is 0.444 e. The molecule has 1 aliphatic carbocycles. The molecule has 128 valence electrons. The van der Waals surface area contributed by atoms with Crippen LogP contribution in [-0.2, 0) is 9.47 Å². The van der Waals surface area contributed by atoms with E-state index in [1.807, 2.05) is 20.8 Å². The van der Waals surface area contributed by atoms with Crippen LogP contribution < -0.4 is 10.6 Å². The summed E-state index contributed by atoms with van der Waals surface area (Å²) in [6.45, 7) is 11.3. The number of rotatable bonds is 5. The van der Waals surface area contributed by atoms with Gasteiger partial charge in [-0.05, 0) is 39.5 Å². The molecule has 0 radical (unpaired) electrons. The number of alkyl carbamates (subject to hydrolysis) is 1. The van der Waals surface area contributed by atoms with Gasteiger partial charge in [-0.2, -0.15) is 0 Å². The Balaban J connectivity index is 1.75. The van der Waals surface area contributed by atoms with E-state index in [1.165, 1.54) is 25.7 Å². The first-order valence-corrected chi connectivity index (χ1v) is 8.55. The summed E-state index contributed by atoms with van der Waals surface area (Å²) in [4.78, 5) is 11.8. The molecule has 0 spiro atoms. The predicted octanol–water partition coefficient (Wildman–Crippen LogP) is 2.70. The molecule has 22 heavy (non-hydrogen) atoms. The molecule has 0 aromatic rings. The summed E-state index contributed by atoms with van der Waals surface area (Å²) < 4.78 is 10.6. The van der Waals surface area contributed by atoms with Crippen molar-refractivity contribution in [1.82, 2.24) is 10.6 Å². The van der Waals surface area contributed by atoms with Crippen LogP contribution in [0.25, 0.3) is 0 Å². The van der Waals surface area contributed by atoms with Crippen molar-refractivity contribution in [2.75, 3.05) is 26.3 Å². The maximum absolute atomic E-state index is 11.8. The highest BCUT2D eigenvalue weighted by atomic mass is 16.6. The number of ether oxygens (including phenoxy) is 2. The molecule has 5 heteroatoms. The van der Waals surface area contributed by atoms with E-state index in [2.05, 4.69) is 17.6 Å². The van der Waals surface area contributed by atoms with Gasteiger partial charge in [0.25, 0.3) is 0 Å². The Labute approximate surface area is 134 Å². The van der Waals surface area contributed by atoms with E-state index in [4.69, 9.17) is 9.47 Å². The van der Waals surface area contributed by atoms with Crippen LogP contribution in [0.4, 0.5) is 4.79 Å². The Morgan fingerprint density at radius 2 is 1.95 bits per heavy atom. The Kier molecular flexibility index (Phi) is 5.72. The number of hydrogen-bond donors (Lipinski definition) is 2. The first kappa shape index (κ1) is 17.5. The zero-order valence-electron chi connectivity index (χ0n) is 14.5. The minimum Gasteiger partial charge on any atom is -0.444 e. The Morgan fingerprint density at radius 3 is 2.55 bits per heavy atom. The molecule has 1 heterocycles. The number of nitrogens with one attached hydrogen (secondary N) is 2. The van der Waals surface area contributed by atoms with Gasteiger partial charge in [-0.15, -0.1) is 0 Å². The molecule has 5 nitrogen and oxygen atoms in total. The maximum Gasteiger partial charge on any atom is 0.407 e. The molecule has 0 aromatic carbocycles. The molecule has 2 aliphatic rings. The third-order valence-electron chi connectivity index (χ3n) is 4.51. The molecule has 2 atom stereocenters. The highest BCUT2D eigenvalue weighted by Crippen LogP contribution is 2.28. The predicted molar refractivity (Wildman–Crippen MR) is 86.9 cm³/mol. The molecule has 1 amide bonds. The van der Waals surface area contributed by atoms with E-state index in [0.717, 1.165) is 19.8 Å². The lowest BCUT2D eigenvalue weighted by molar-refractivity contribution is -0.101. The van der Waals surface area contributed by atoms with Crippen molar-refractivity contribution in [3.8, 4) is 0 Å². The molecule has 2 fully saturated rings. The lowest BCUT2D eigenvalue weighted by Crippen LogP contribution is -2.52. The van der Waals surface area contributed by atoms with E-state index >= 15 is 0 Å². The van der Waals surface area contributed by atoms with Crippen LogP contribution in [0.1, 0.15) is 53.4 Å². The SMILES string of the molecule is CC1(CNC2CCCCC2CNC(=O)OC(C)(C)C)COC1. The van der Waals surface area contributed by atoms with Crippen molar-refractivity contribution in [2.24, 2.45) is 11.3 Å². The van der Waals surface area contributed by atoms with Gasteiger partial charge in [0.05, 0.1) is 13.2 Å². The number of carbonyl (C=O) groups excluding carboxylic acids is 1. The first-order chi connectivity index (χ1) is 10.3. The minimum atomic E-state index is -0.437. The monoisotopic (exact) mass is 312 g/mol. The fourth-order valence-electron chi connectivity index (χ4n) is 3.18. The van der Waals surface area contributed by atoms with E-state index in [-0.39, 0.29) is 6.09 Å². The molecule has 1 saturated heterocycles. The third kappa shape index (κ3) is 5.43. The fourth-order valence-corrected chi connectivity index (χ4v) is 3.18. The Bertz CT molecular complexity index is 375. The average Bonchev–Trinajstić information content (AvgIpc) is 2.40. The maximum atomic E-state index is 11.8. The van der Waals surface area contributed by atoms with Crippen molar-refractivity contribution in [1.29, 1.82) is 0 Å². The number of carbonyl (C=O) groups is 1. The van der Waals surface area contributed by atoms with Gasteiger partial charge in [-0.1, -0.05) is 19.8 Å². The molecular formula is C17H32N2O3. The van der Waals surface area contributed by atoms with Crippen LogP contribution in [0.3, 0.4) is 0 Å². The van der Waals surface area contributed by atoms with Crippen molar-refractivity contribution < 1.29 is 14.3 Å². The minimum absolute atomic E-state index is 0.292. The van der Waals surface area contributed by atoms with E-state index in [0.29, 0.717) is 23.9 Å². The number of amides is 1. The second kappa shape index (κ2) is 7.18. The van der Waals surface area contributed by atoms with Gasteiger partial charge < -0.3 is 20.1 Å². The molecule has 2 N–H and O–H groups in total. The topological polar surface area (TPSA) is 59.6 Å². The summed E-state index contributed by atoms with van der Waals surface area (Å²) in [7, 11) is 0. The van der Waals surface area contributed by atoms with Gasteiger partial charge in [0.1, 0.15) is 5.60 Å². The van der Waals surface area contributed by atoms with Crippen molar-refractivity contribution in [2.45, 2.75) is 65.0 Å². The summed E-state index contributed by atoms with van der Waals surface area (Å²) in [5.41, 5.74) is -0.145. The summed E-state index contributed by atoms with van der Waals surface area (Å²) in [5, 5.41) is 6.65. The first-order valence-electron chi connectivity index (χ1n) is 8.55. The molecule has 1 aliphatic heterocycles. The van der Waals surface area contributed by atoms with Gasteiger partial charge in [0.2, 0.25) is 0 Å². The normalized spacial score (nSPS) is 27.8. The van der Waals surface area contributed by atoms with Crippen molar-refractivity contribution in [3.05, 3.63) is 0 Å². The molecular weight excluding hydrogens is 280 g/mol. The molecule has 1 saturated carbocycles. The molecule has 2 unspecified atom stereocenters. The average molecular weight is 312 g/mol. The van der Waals surface area contributed by atoms with Gasteiger partial charge in [0.15, 0.2) is 0 Å². The summed E-state index contributed by atoms with van der Waals surface area (Å²) in [6.07, 6.45) is 4.57. The van der Waals surface area contributed by atoms with Gasteiger partial charge in [0, 0.05) is 24.5 Å². The van der Waals surface area contributed by atoms with Crippen LogP contribution in [0, 0.1) is 11.3 Å². The van der Waals surface area contributed by atoms with Gasteiger partial charge in [-0.3, -0.25) is 0 Å². The lowest BCUT2D eigenvalue weighted by atomic mass is 9.82. The van der Waals surface area contributed by atoms with Gasteiger partial charge in [-0.25, -0.2) is 4.79 Å². The smallest absolute Gasteiger partial charge is 0.407 e. The second-order valence-electron chi connectivity index (χ2n) is 8.22. The fraction of sp³-hybridized carbons (Fsp3) is 0.941. The number of hydrogen-bond acceptors (Lipinski definition) is 4. The molecule has 0 aromatic heterocycles. The van der Waals surface area contributed by atoms with E-state index in [1.54, 1.807) is 0 Å². The molecule has 2 rings (SSSR count). The highest BCUT2D eigenvalue weighted by Gasteiger charge is 2.35. The Hall–Kier alpha value is -0.810. The zero-order chi connectivity index (χ0) is 16.2. The Morgan fingerprint density at radius 1 is 1.27 bits per heavy atom. The van der Waals surface area contributed by atoms with Crippen LogP contribution in [0.2, 0.25) is 0 Å². The van der Waals surface area contributed by atoms with E-state index in [9.17, 15) is 4.79 Å². The summed E-state index contributed by atoms with van der Waals surface area (Å²) >= 11 is 0. The van der Waals surface area contributed by atoms with Crippen LogP contribution in [-0.4, -0.2) is 44.0 Å². The zero-order valence-corrected chi connectivity index (χ0v) is 14.5. The molecule has 0 bridgehead atoms. The highest BCUT2D eigenvalue weighted by molar-refractivity contribution is 5.67. The van der Waals surface area contributed by atoms with Crippen LogP contribution in [0.5, 0.6) is 0 Å². The van der Waals surface area contributed by atoms with Crippen LogP contribution >= 0.6 is 0 Å². The standard InChI is InChI=1S/C17H32N2O3/c1-16(2,3)22-15(20)18-9-13-7-5-6-8-14(13)19-10-17(4)11-21-12-17/h13-14,19H,5-12H2,1-4H3,(H,18,20). The van der Waals surface area contributed by atoms with Crippen LogP contribution in [0.15, 0.2) is 0 Å². The summed E-state index contributed by atoms with van der Waals surface area (Å²) in [6, 6.07) is 0.487. The quantitative estimate of drug-likeness (QED) is 0.819. The second-order valence-corrected chi connectivity index (χ2v) is 8.22. The van der Waals surface area contributed by atoms with Gasteiger partial charge >= 0.3 is 6.09 Å². The summed E-state index contributed by atoms with van der Waals surface area (Å²) in [5.74, 6) is 0.492. The van der Waals surface area contributed by atoms with Crippen molar-refractivity contribution in [3.63, 3.8) is 0 Å². The van der Waals surface area contributed by atoms with Crippen molar-refractivity contribution >= 4 is 6.09 Å². The third-order valence-corrected chi connectivity index (χ3v) is 4.51. The van der Waals surface area contributed by atoms with E-state index < -0.39 is 5.60 Å². The lowest BCUT2D eigenvalue weighted by Gasteiger charge is -2.41.